The lowest BCUT2D eigenvalue weighted by atomic mass is 9.97. The highest BCUT2D eigenvalue weighted by Gasteiger charge is 2.40. The number of aryl methyl sites for hydroxylation is 1. The van der Waals surface area contributed by atoms with Crippen molar-refractivity contribution >= 4 is 27.3 Å². The minimum Gasteiger partial charge on any atom is -0.311 e. The Hall–Kier alpha value is -2.34. The Balaban J connectivity index is 1.65. The van der Waals surface area contributed by atoms with Crippen LogP contribution in [0.2, 0.25) is 0 Å². The molecule has 5 nitrogen and oxygen atoms in total. The van der Waals surface area contributed by atoms with E-state index in [4.69, 9.17) is 0 Å². The van der Waals surface area contributed by atoms with Gasteiger partial charge in [-0.2, -0.15) is 0 Å². The van der Waals surface area contributed by atoms with Crippen molar-refractivity contribution < 1.29 is 13.2 Å². The van der Waals surface area contributed by atoms with Gasteiger partial charge in [-0.25, -0.2) is 8.42 Å². The lowest BCUT2D eigenvalue weighted by molar-refractivity contribution is -0.119. The van der Waals surface area contributed by atoms with Crippen LogP contribution in [-0.2, 0) is 27.7 Å². The van der Waals surface area contributed by atoms with E-state index in [2.05, 4.69) is 0 Å². The molecule has 0 bridgehead atoms. The quantitative estimate of drug-likeness (QED) is 0.819. The summed E-state index contributed by atoms with van der Waals surface area (Å²) in [7, 11) is -3.64. The van der Waals surface area contributed by atoms with Crippen molar-refractivity contribution in [2.45, 2.75) is 37.0 Å². The molecule has 134 valence electrons. The molecule has 0 saturated heterocycles. The molecule has 0 aromatic heterocycles. The molecule has 2 aromatic carbocycles. The van der Waals surface area contributed by atoms with Gasteiger partial charge >= 0.3 is 0 Å². The fraction of sp³-hybridized carbons (Fsp3) is 0.350. The fourth-order valence-electron chi connectivity index (χ4n) is 4.50. The molecule has 1 amide bonds. The lowest BCUT2D eigenvalue weighted by Gasteiger charge is -2.27. The van der Waals surface area contributed by atoms with E-state index in [1.807, 2.05) is 36.1 Å². The van der Waals surface area contributed by atoms with Gasteiger partial charge in [0.05, 0.1) is 22.2 Å². The Morgan fingerprint density at radius 1 is 1.04 bits per heavy atom. The molecule has 6 heteroatoms. The summed E-state index contributed by atoms with van der Waals surface area (Å²) in [5, 5.41) is 0. The summed E-state index contributed by atoms with van der Waals surface area (Å²) in [5.74, 6) is -0.190. The van der Waals surface area contributed by atoms with Gasteiger partial charge in [-0.15, -0.1) is 0 Å². The number of hydrogen-bond donors (Lipinski definition) is 0. The summed E-state index contributed by atoms with van der Waals surface area (Å²) in [5.41, 5.74) is 4.63. The maximum atomic E-state index is 13.4. The molecule has 1 atom stereocenters. The molecule has 3 aliphatic heterocycles. The zero-order chi connectivity index (χ0) is 18.1. The average molecular weight is 368 g/mol. The average Bonchev–Trinajstić information content (AvgIpc) is 3.19. The Morgan fingerprint density at radius 2 is 1.85 bits per heavy atom. The van der Waals surface area contributed by atoms with Crippen molar-refractivity contribution in [2.75, 3.05) is 22.3 Å². The minimum atomic E-state index is -3.64. The monoisotopic (exact) mass is 368 g/mol. The Morgan fingerprint density at radius 3 is 2.69 bits per heavy atom. The van der Waals surface area contributed by atoms with Gasteiger partial charge in [-0.1, -0.05) is 18.2 Å². The molecule has 2 aromatic rings. The number of fused-ring (bicyclic) bond motifs is 1. The first-order valence-electron chi connectivity index (χ1n) is 9.07. The third kappa shape index (κ3) is 2.02. The number of nitrogens with zero attached hydrogens (tertiary/aromatic N) is 2. The number of amides is 1. The molecule has 3 heterocycles. The van der Waals surface area contributed by atoms with Crippen LogP contribution in [0.25, 0.3) is 0 Å². The van der Waals surface area contributed by atoms with E-state index in [1.165, 1.54) is 4.31 Å². The third-order valence-electron chi connectivity index (χ3n) is 5.83. The van der Waals surface area contributed by atoms with Gasteiger partial charge in [0.1, 0.15) is 0 Å². The van der Waals surface area contributed by atoms with Gasteiger partial charge in [0.25, 0.3) is 10.0 Å². The second-order valence-corrected chi connectivity index (χ2v) is 9.15. The lowest BCUT2D eigenvalue weighted by Crippen LogP contribution is -2.32. The Labute approximate surface area is 153 Å². The summed E-state index contributed by atoms with van der Waals surface area (Å²) in [4.78, 5) is 14.7. The van der Waals surface area contributed by atoms with E-state index >= 15 is 0 Å². The van der Waals surface area contributed by atoms with E-state index in [0.29, 0.717) is 11.4 Å². The molecule has 0 saturated carbocycles. The van der Waals surface area contributed by atoms with Gasteiger partial charge in [-0.3, -0.25) is 9.10 Å². The van der Waals surface area contributed by atoms with Crippen LogP contribution in [-0.4, -0.2) is 27.4 Å². The summed E-state index contributed by atoms with van der Waals surface area (Å²) in [6.45, 7) is 3.07. The van der Waals surface area contributed by atoms with Crippen LogP contribution >= 0.6 is 0 Å². The standard InChI is InChI=1S/C20H20N2O3S/c1-13-17-12-16(11-15-6-4-9-21(19(15)17)20(13)23)26(24,25)22-10-8-14-5-2-3-7-18(14)22/h2-3,5,7,11-13H,4,6,8-10H2,1H3/t13-/m1/s1. The summed E-state index contributed by atoms with van der Waals surface area (Å²) >= 11 is 0. The van der Waals surface area contributed by atoms with E-state index in [-0.39, 0.29) is 11.8 Å². The molecular weight excluding hydrogens is 348 g/mol. The normalized spacial score (nSPS) is 21.1. The molecule has 0 fully saturated rings. The molecule has 5 rings (SSSR count). The third-order valence-corrected chi connectivity index (χ3v) is 7.62. The van der Waals surface area contributed by atoms with Crippen LogP contribution in [0.3, 0.4) is 0 Å². The van der Waals surface area contributed by atoms with Gasteiger partial charge in [-0.05, 0) is 61.1 Å². The van der Waals surface area contributed by atoms with Crippen LogP contribution in [0.15, 0.2) is 41.3 Å². The molecule has 0 spiro atoms. The second kappa shape index (κ2) is 5.33. The highest BCUT2D eigenvalue weighted by molar-refractivity contribution is 7.92. The maximum Gasteiger partial charge on any atom is 0.264 e. The zero-order valence-corrected chi connectivity index (χ0v) is 15.4. The van der Waals surface area contributed by atoms with Crippen molar-refractivity contribution in [2.24, 2.45) is 0 Å². The minimum absolute atomic E-state index is 0.0852. The number of para-hydroxylation sites is 1. The van der Waals surface area contributed by atoms with Crippen molar-refractivity contribution in [1.82, 2.24) is 0 Å². The predicted octanol–water partition coefficient (Wildman–Crippen LogP) is 2.83. The van der Waals surface area contributed by atoms with Gasteiger partial charge in [0.2, 0.25) is 5.91 Å². The topological polar surface area (TPSA) is 57.7 Å². The number of hydrogen-bond acceptors (Lipinski definition) is 3. The fourth-order valence-corrected chi connectivity index (χ4v) is 6.09. The number of carbonyl (C=O) groups excluding carboxylic acids is 1. The van der Waals surface area contributed by atoms with E-state index in [9.17, 15) is 13.2 Å². The van der Waals surface area contributed by atoms with E-state index in [1.54, 1.807) is 12.1 Å². The maximum absolute atomic E-state index is 13.4. The van der Waals surface area contributed by atoms with Crippen molar-refractivity contribution in [3.63, 3.8) is 0 Å². The van der Waals surface area contributed by atoms with Gasteiger partial charge < -0.3 is 4.90 Å². The van der Waals surface area contributed by atoms with Crippen molar-refractivity contribution in [3.8, 4) is 0 Å². The SMILES string of the molecule is C[C@H]1C(=O)N2CCCc3cc(S(=O)(=O)N4CCc5ccccc54)cc1c32. The number of benzene rings is 2. The van der Waals surface area contributed by atoms with Crippen LogP contribution in [0.4, 0.5) is 11.4 Å². The molecule has 0 N–H and O–H groups in total. The summed E-state index contributed by atoms with van der Waals surface area (Å²) < 4.78 is 28.3. The number of carbonyl (C=O) groups is 1. The second-order valence-electron chi connectivity index (χ2n) is 7.29. The first-order valence-corrected chi connectivity index (χ1v) is 10.5. The predicted molar refractivity (Wildman–Crippen MR) is 100 cm³/mol. The zero-order valence-electron chi connectivity index (χ0n) is 14.6. The molecule has 0 aliphatic carbocycles. The molecule has 3 aliphatic rings. The molecule has 0 unspecified atom stereocenters. The first kappa shape index (κ1) is 15.9. The molecular formula is C20H20N2O3S. The van der Waals surface area contributed by atoms with Crippen LogP contribution in [0, 0.1) is 0 Å². The number of sulfonamides is 1. The highest BCUT2D eigenvalue weighted by atomic mass is 32.2. The van der Waals surface area contributed by atoms with Crippen LogP contribution < -0.4 is 9.21 Å². The summed E-state index contributed by atoms with van der Waals surface area (Å²) in [6, 6.07) is 11.2. The number of rotatable bonds is 2. The first-order chi connectivity index (χ1) is 12.5. The smallest absolute Gasteiger partial charge is 0.264 e. The molecule has 26 heavy (non-hydrogen) atoms. The largest absolute Gasteiger partial charge is 0.311 e. The van der Waals surface area contributed by atoms with Gasteiger partial charge in [0, 0.05) is 13.1 Å². The van der Waals surface area contributed by atoms with E-state index < -0.39 is 10.0 Å². The van der Waals surface area contributed by atoms with Gasteiger partial charge in [0.15, 0.2) is 0 Å². The van der Waals surface area contributed by atoms with Crippen molar-refractivity contribution in [3.05, 3.63) is 53.1 Å². The highest BCUT2D eigenvalue weighted by Crippen LogP contribution is 2.44. The Bertz CT molecular complexity index is 1050. The van der Waals surface area contributed by atoms with E-state index in [0.717, 1.165) is 53.9 Å². The van der Waals surface area contributed by atoms with Crippen LogP contribution in [0.1, 0.15) is 36.0 Å². The van der Waals surface area contributed by atoms with Crippen molar-refractivity contribution in [1.29, 1.82) is 0 Å². The molecule has 0 radical (unpaired) electrons. The number of anilines is 2. The van der Waals surface area contributed by atoms with Crippen LogP contribution in [0.5, 0.6) is 0 Å². The Kier molecular flexibility index (Phi) is 3.26. The summed E-state index contributed by atoms with van der Waals surface area (Å²) in [6.07, 6.45) is 2.43.